The summed E-state index contributed by atoms with van der Waals surface area (Å²) in [5, 5.41) is 1.13. The second-order valence-electron chi connectivity index (χ2n) is 8.05. The van der Waals surface area contributed by atoms with E-state index in [1.165, 1.54) is 41.6 Å². The van der Waals surface area contributed by atoms with Gasteiger partial charge in [-0.2, -0.15) is 0 Å². The van der Waals surface area contributed by atoms with Crippen LogP contribution < -0.4 is 18.9 Å². The Bertz CT molecular complexity index is 1370. The number of ether oxygens (including phenoxy) is 4. The van der Waals surface area contributed by atoms with Crippen LogP contribution in [0.4, 0.5) is 5.69 Å². The van der Waals surface area contributed by atoms with Crippen molar-refractivity contribution >= 4 is 28.3 Å². The molecule has 40 heavy (non-hydrogen) atoms. The van der Waals surface area contributed by atoms with Crippen molar-refractivity contribution in [1.29, 1.82) is 0 Å². The molecule has 0 spiro atoms. The molecule has 0 N–H and O–H groups in total. The minimum absolute atomic E-state index is 0.198. The van der Waals surface area contributed by atoms with E-state index < -0.39 is 9.84 Å². The van der Waals surface area contributed by atoms with Crippen LogP contribution in [0.5, 0.6) is 23.0 Å². The molecule has 0 heterocycles. The van der Waals surface area contributed by atoms with Gasteiger partial charge in [0.25, 0.3) is 4.92 Å². The van der Waals surface area contributed by atoms with E-state index in [1.807, 2.05) is 6.92 Å². The van der Waals surface area contributed by atoms with Gasteiger partial charge in [0.15, 0.2) is 16.9 Å². The summed E-state index contributed by atoms with van der Waals surface area (Å²) in [6.45, 7) is 10.8. The Hall–Kier alpha value is -4.38. The van der Waals surface area contributed by atoms with Crippen molar-refractivity contribution in [2.24, 2.45) is 4.99 Å². The molecule has 0 radical (unpaired) electrons. The van der Waals surface area contributed by atoms with E-state index >= 15 is 0 Å². The minimum atomic E-state index is -3.57. The molecule has 0 aromatic heterocycles. The van der Waals surface area contributed by atoms with Crippen molar-refractivity contribution < 1.29 is 37.1 Å². The van der Waals surface area contributed by atoms with Gasteiger partial charge in [-0.1, -0.05) is 24.3 Å². The van der Waals surface area contributed by atoms with Gasteiger partial charge in [-0.3, -0.25) is 4.99 Å². The standard InChI is InChI=1S/C20H23NO6S.C9H14NO2/c1-21-17-10-14(6-7-18(17)25-3)13-28(22,23)9-8-16-19(26-4)11-15(24-2)12-20(16)27-5;1-5-9(10(11)12-4)7-6-8(2)3/h6-12H,1,13H2,2-5H3;5-7H,2H2,1,3-4H3/q;+1/b9-8+;7-6-,9-5+. The normalized spacial score (nSPS) is 11.4. The topological polar surface area (TPSA) is 113 Å². The number of sulfone groups is 1. The summed E-state index contributed by atoms with van der Waals surface area (Å²) < 4.78 is 46.2. The Balaban J connectivity index is 0.000000562. The third kappa shape index (κ3) is 10.4. The Labute approximate surface area is 236 Å². The first-order valence-corrected chi connectivity index (χ1v) is 13.6. The number of nitrogens with zero attached hydrogens (tertiary/aromatic N) is 2. The first-order chi connectivity index (χ1) is 19.0. The first kappa shape index (κ1) is 33.6. The van der Waals surface area contributed by atoms with Crippen LogP contribution in [0.15, 0.2) is 76.8 Å². The summed E-state index contributed by atoms with van der Waals surface area (Å²) in [5.41, 5.74) is 2.90. The molecule has 0 bridgehead atoms. The van der Waals surface area contributed by atoms with Gasteiger partial charge in [-0.25, -0.2) is 13.3 Å². The van der Waals surface area contributed by atoms with Crippen LogP contribution in [0, 0.1) is 4.91 Å². The molecule has 11 heteroatoms. The zero-order valence-electron chi connectivity index (χ0n) is 24.0. The number of hydrogen-bond acceptors (Lipinski definition) is 9. The third-order valence-electron chi connectivity index (χ3n) is 5.19. The molecular weight excluding hydrogens is 536 g/mol. The highest BCUT2D eigenvalue weighted by Gasteiger charge is 2.15. The van der Waals surface area contributed by atoms with E-state index in [9.17, 15) is 13.3 Å². The summed E-state index contributed by atoms with van der Waals surface area (Å²) in [5.74, 6) is 1.74. The molecule has 0 amide bonds. The average Bonchev–Trinajstić information content (AvgIpc) is 2.95. The number of rotatable bonds is 13. The van der Waals surface area contributed by atoms with Crippen molar-refractivity contribution in [3.63, 3.8) is 0 Å². The van der Waals surface area contributed by atoms with Crippen LogP contribution in [0.25, 0.3) is 6.08 Å². The number of methoxy groups -OCH3 is 4. The van der Waals surface area contributed by atoms with Gasteiger partial charge in [-0.05, 0) is 50.4 Å². The quantitative estimate of drug-likeness (QED) is 0.163. The molecule has 0 aliphatic carbocycles. The lowest BCUT2D eigenvalue weighted by Gasteiger charge is -2.12. The maximum absolute atomic E-state index is 12.6. The van der Waals surface area contributed by atoms with Crippen molar-refractivity contribution in [1.82, 2.24) is 0 Å². The lowest BCUT2D eigenvalue weighted by Crippen LogP contribution is -2.03. The van der Waals surface area contributed by atoms with Crippen LogP contribution in [-0.4, -0.2) is 55.6 Å². The molecule has 10 nitrogen and oxygen atoms in total. The fourth-order valence-corrected chi connectivity index (χ4v) is 4.28. The van der Waals surface area contributed by atoms with Gasteiger partial charge >= 0.3 is 5.70 Å². The molecule has 216 valence electrons. The summed E-state index contributed by atoms with van der Waals surface area (Å²) in [4.78, 5) is 19.7. The van der Waals surface area contributed by atoms with Crippen LogP contribution in [-0.2, 0) is 20.4 Å². The largest absolute Gasteiger partial charge is 0.496 e. The van der Waals surface area contributed by atoms with Crippen molar-refractivity contribution in [2.45, 2.75) is 19.6 Å². The molecule has 0 unspecified atom stereocenters. The Morgan fingerprint density at radius 2 is 1.55 bits per heavy atom. The van der Waals surface area contributed by atoms with Crippen LogP contribution in [0.3, 0.4) is 0 Å². The number of benzene rings is 2. The van der Waals surface area contributed by atoms with Crippen LogP contribution in [0.2, 0.25) is 0 Å². The highest BCUT2D eigenvalue weighted by Crippen LogP contribution is 2.35. The molecule has 0 aliphatic rings. The van der Waals surface area contributed by atoms with Gasteiger partial charge in [0.1, 0.15) is 28.7 Å². The Morgan fingerprint density at radius 1 is 0.950 bits per heavy atom. The van der Waals surface area contributed by atoms with Gasteiger partial charge in [0.05, 0.1) is 44.7 Å². The fourth-order valence-electron chi connectivity index (χ4n) is 3.19. The fraction of sp³-hybridized carbons (Fsp3) is 0.276. The van der Waals surface area contributed by atoms with Crippen molar-refractivity contribution in [3.05, 3.63) is 87.9 Å². The number of aliphatic imine (C=N–C) groups is 1. The summed E-state index contributed by atoms with van der Waals surface area (Å²) >= 11 is 0. The van der Waals surface area contributed by atoms with E-state index in [0.29, 0.717) is 50.4 Å². The van der Waals surface area contributed by atoms with Crippen molar-refractivity contribution in [3.8, 4) is 23.0 Å². The molecule has 2 aromatic rings. The molecule has 2 rings (SSSR count). The second-order valence-corrected chi connectivity index (χ2v) is 9.94. The minimum Gasteiger partial charge on any atom is -0.496 e. The van der Waals surface area contributed by atoms with Crippen LogP contribution >= 0.6 is 0 Å². The smallest absolute Gasteiger partial charge is 0.312 e. The molecule has 0 saturated carbocycles. The number of hydrogen-bond donors (Lipinski definition) is 0. The Kier molecular flexibility index (Phi) is 13.9. The predicted octanol–water partition coefficient (Wildman–Crippen LogP) is 6.00. The summed E-state index contributed by atoms with van der Waals surface area (Å²) in [7, 11) is 3.77. The van der Waals surface area contributed by atoms with Gasteiger partial charge < -0.3 is 18.9 Å². The van der Waals surface area contributed by atoms with E-state index in [2.05, 4.69) is 23.1 Å². The second kappa shape index (κ2) is 16.6. The third-order valence-corrected chi connectivity index (χ3v) is 6.47. The van der Waals surface area contributed by atoms with Crippen molar-refractivity contribution in [2.75, 3.05) is 35.5 Å². The predicted molar refractivity (Wildman–Crippen MR) is 158 cm³/mol. The highest BCUT2D eigenvalue weighted by molar-refractivity contribution is 7.93. The highest BCUT2D eigenvalue weighted by atomic mass is 32.2. The molecule has 0 aliphatic heterocycles. The summed E-state index contributed by atoms with van der Waals surface area (Å²) in [6.07, 6.45) is 6.51. The monoisotopic (exact) mass is 573 g/mol. The molecular formula is C29H37N2O8S+. The summed E-state index contributed by atoms with van der Waals surface area (Å²) in [6, 6.07) is 8.27. The van der Waals surface area contributed by atoms with Gasteiger partial charge in [0.2, 0.25) is 0 Å². The molecule has 0 fully saturated rings. The lowest BCUT2D eigenvalue weighted by molar-refractivity contribution is -0.758. The molecule has 2 aromatic carbocycles. The zero-order chi connectivity index (χ0) is 30.3. The van der Waals surface area contributed by atoms with Crippen LogP contribution in [0.1, 0.15) is 25.0 Å². The first-order valence-electron chi connectivity index (χ1n) is 11.8. The molecule has 0 saturated heterocycles. The number of allylic oxidation sites excluding steroid dienone is 4. The Morgan fingerprint density at radius 3 is 2.00 bits per heavy atom. The lowest BCUT2D eigenvalue weighted by atomic mass is 10.1. The van der Waals surface area contributed by atoms with E-state index in [1.54, 1.807) is 55.5 Å². The van der Waals surface area contributed by atoms with E-state index in [0.717, 1.165) is 11.0 Å². The maximum Gasteiger partial charge on any atom is 0.312 e. The SMILES string of the molecule is C=C(C)/C=C\C(=C/C)[N+](=O)OC.C=Nc1cc(CS(=O)(=O)/C=C/c2c(OC)cc(OC)cc2OC)ccc1OC. The zero-order valence-corrected chi connectivity index (χ0v) is 24.8. The van der Waals surface area contributed by atoms with Gasteiger partial charge in [-0.15, -0.1) is 0 Å². The van der Waals surface area contributed by atoms with E-state index in [-0.39, 0.29) is 5.75 Å². The van der Waals surface area contributed by atoms with Gasteiger partial charge in [0, 0.05) is 23.6 Å². The molecule has 0 atom stereocenters. The van der Waals surface area contributed by atoms with E-state index in [4.69, 9.17) is 18.9 Å². The average molecular weight is 574 g/mol. The maximum atomic E-state index is 12.6.